The molecule has 2 rings (SSSR count). The fourth-order valence-corrected chi connectivity index (χ4v) is 3.28. The number of nitrogens with zero attached hydrogens (tertiary/aromatic N) is 1. The summed E-state index contributed by atoms with van der Waals surface area (Å²) in [6.45, 7) is 10.5. The fourth-order valence-electron chi connectivity index (χ4n) is 3.28. The van der Waals surface area contributed by atoms with Gasteiger partial charge in [-0.3, -0.25) is 4.79 Å². The Kier molecular flexibility index (Phi) is 4.31. The largest absolute Gasteiger partial charge is 0.497 e. The lowest BCUT2D eigenvalue weighted by Gasteiger charge is -2.33. The van der Waals surface area contributed by atoms with Gasteiger partial charge in [0, 0.05) is 12.1 Å². The van der Waals surface area contributed by atoms with E-state index in [9.17, 15) is 4.79 Å². The van der Waals surface area contributed by atoms with Gasteiger partial charge in [-0.25, -0.2) is 0 Å². The molecule has 0 unspecified atom stereocenters. The first-order chi connectivity index (χ1) is 9.81. The summed E-state index contributed by atoms with van der Waals surface area (Å²) < 4.78 is 5.19. The molecule has 0 heterocycles. The highest BCUT2D eigenvalue weighted by atomic mass is 16.5. The normalized spacial score (nSPS) is 24.3. The van der Waals surface area contributed by atoms with Crippen LogP contribution in [0.4, 0.5) is 0 Å². The number of methoxy groups -OCH3 is 1. The summed E-state index contributed by atoms with van der Waals surface area (Å²) in [5, 5.41) is 0. The van der Waals surface area contributed by atoms with Crippen LogP contribution < -0.4 is 4.74 Å². The van der Waals surface area contributed by atoms with Crippen molar-refractivity contribution in [2.45, 2.75) is 59.0 Å². The number of hydrogen-bond acceptors (Lipinski definition) is 2. The number of carbonyl (C=O) groups is 1. The van der Waals surface area contributed by atoms with Crippen LogP contribution in [0.25, 0.3) is 0 Å². The third kappa shape index (κ3) is 2.92. The van der Waals surface area contributed by atoms with E-state index in [2.05, 4.69) is 46.8 Å². The van der Waals surface area contributed by atoms with Crippen molar-refractivity contribution in [1.29, 1.82) is 0 Å². The van der Waals surface area contributed by atoms with Gasteiger partial charge in [-0.1, -0.05) is 19.1 Å². The van der Waals surface area contributed by atoms with Gasteiger partial charge < -0.3 is 9.64 Å². The van der Waals surface area contributed by atoms with Gasteiger partial charge in [0.1, 0.15) is 5.75 Å². The summed E-state index contributed by atoms with van der Waals surface area (Å²) in [7, 11) is 1.67. The van der Waals surface area contributed by atoms with Crippen LogP contribution in [0, 0.1) is 5.41 Å². The van der Waals surface area contributed by atoms with E-state index in [0.717, 1.165) is 12.2 Å². The van der Waals surface area contributed by atoms with E-state index < -0.39 is 0 Å². The summed E-state index contributed by atoms with van der Waals surface area (Å²) in [6.07, 6.45) is 0.939. The van der Waals surface area contributed by atoms with E-state index in [1.807, 2.05) is 17.0 Å². The standard InChI is InChI=1S/C18H27NO2/c1-12(2)19(13(3)4)17(20)18(5)11-16(18)14-7-9-15(21-6)10-8-14/h7-10,12-13,16H,11H2,1-6H3/t16-,18-/m1/s1. The van der Waals surface area contributed by atoms with E-state index in [1.165, 1.54) is 5.56 Å². The second-order valence-corrected chi connectivity index (χ2v) is 6.85. The van der Waals surface area contributed by atoms with Crippen molar-refractivity contribution in [2.75, 3.05) is 7.11 Å². The number of hydrogen-bond donors (Lipinski definition) is 0. The highest BCUT2D eigenvalue weighted by Gasteiger charge is 2.58. The quantitative estimate of drug-likeness (QED) is 0.824. The molecule has 0 saturated heterocycles. The maximum absolute atomic E-state index is 12.9. The Labute approximate surface area is 128 Å². The molecule has 2 atom stereocenters. The van der Waals surface area contributed by atoms with Crippen LogP contribution in [0.3, 0.4) is 0 Å². The van der Waals surface area contributed by atoms with Crippen molar-refractivity contribution >= 4 is 5.91 Å². The Morgan fingerprint density at radius 3 is 2.14 bits per heavy atom. The highest BCUT2D eigenvalue weighted by molar-refractivity contribution is 5.87. The van der Waals surface area contributed by atoms with Crippen molar-refractivity contribution in [3.63, 3.8) is 0 Å². The fraction of sp³-hybridized carbons (Fsp3) is 0.611. The molecule has 0 N–H and O–H groups in total. The molecule has 1 aliphatic carbocycles. The Hall–Kier alpha value is -1.51. The van der Waals surface area contributed by atoms with Gasteiger partial charge in [0.15, 0.2) is 0 Å². The first-order valence-electron chi connectivity index (χ1n) is 7.78. The van der Waals surface area contributed by atoms with Gasteiger partial charge in [-0.15, -0.1) is 0 Å². The highest BCUT2D eigenvalue weighted by Crippen LogP contribution is 2.60. The first-order valence-corrected chi connectivity index (χ1v) is 7.78. The molecular formula is C18H27NO2. The van der Waals surface area contributed by atoms with E-state index >= 15 is 0 Å². The Bertz CT molecular complexity index is 498. The van der Waals surface area contributed by atoms with Crippen LogP contribution in [0.5, 0.6) is 5.75 Å². The minimum Gasteiger partial charge on any atom is -0.497 e. The lowest BCUT2D eigenvalue weighted by molar-refractivity contribution is -0.140. The average Bonchev–Trinajstić information content (AvgIpc) is 3.12. The zero-order valence-corrected chi connectivity index (χ0v) is 14.0. The van der Waals surface area contributed by atoms with Crippen LogP contribution in [0.15, 0.2) is 24.3 Å². The molecule has 0 aliphatic heterocycles. The molecule has 0 spiro atoms. The summed E-state index contributed by atoms with van der Waals surface area (Å²) in [6, 6.07) is 8.59. The second kappa shape index (κ2) is 5.70. The predicted molar refractivity (Wildman–Crippen MR) is 85.6 cm³/mol. The van der Waals surface area contributed by atoms with Crippen molar-refractivity contribution in [2.24, 2.45) is 5.41 Å². The summed E-state index contributed by atoms with van der Waals surface area (Å²) in [4.78, 5) is 14.9. The second-order valence-electron chi connectivity index (χ2n) is 6.85. The summed E-state index contributed by atoms with van der Waals surface area (Å²) >= 11 is 0. The van der Waals surface area contributed by atoms with Crippen LogP contribution in [-0.4, -0.2) is 30.0 Å². The lowest BCUT2D eigenvalue weighted by Crippen LogP contribution is -2.45. The maximum Gasteiger partial charge on any atom is 0.229 e. The monoisotopic (exact) mass is 289 g/mol. The van der Waals surface area contributed by atoms with Crippen molar-refractivity contribution in [3.8, 4) is 5.75 Å². The maximum atomic E-state index is 12.9. The topological polar surface area (TPSA) is 29.5 Å². The Morgan fingerprint density at radius 1 is 1.19 bits per heavy atom. The smallest absolute Gasteiger partial charge is 0.229 e. The average molecular weight is 289 g/mol. The van der Waals surface area contributed by atoms with Gasteiger partial charge in [0.05, 0.1) is 12.5 Å². The molecule has 1 aliphatic rings. The Balaban J connectivity index is 2.16. The van der Waals surface area contributed by atoms with E-state index in [0.29, 0.717) is 5.92 Å². The first kappa shape index (κ1) is 15.9. The molecular weight excluding hydrogens is 262 g/mol. The van der Waals surface area contributed by atoms with Gasteiger partial charge in [0.2, 0.25) is 5.91 Å². The molecule has 0 aromatic heterocycles. The summed E-state index contributed by atoms with van der Waals surface area (Å²) in [5.41, 5.74) is 0.988. The number of amides is 1. The molecule has 1 amide bonds. The van der Waals surface area contributed by atoms with Gasteiger partial charge >= 0.3 is 0 Å². The minimum atomic E-state index is -0.247. The SMILES string of the molecule is COc1ccc([C@H]2C[C@@]2(C)C(=O)N(C(C)C)C(C)C)cc1. The molecule has 21 heavy (non-hydrogen) atoms. The van der Waals surface area contributed by atoms with Gasteiger partial charge in [0.25, 0.3) is 0 Å². The minimum absolute atomic E-state index is 0.242. The van der Waals surface area contributed by atoms with E-state index in [-0.39, 0.29) is 23.4 Å². The van der Waals surface area contributed by atoms with Crippen LogP contribution in [0.1, 0.15) is 52.5 Å². The zero-order valence-electron chi connectivity index (χ0n) is 14.0. The number of ether oxygens (including phenoxy) is 1. The van der Waals surface area contributed by atoms with Crippen LogP contribution in [0.2, 0.25) is 0 Å². The molecule has 1 aromatic rings. The molecule has 1 aromatic carbocycles. The molecule has 0 radical (unpaired) electrons. The van der Waals surface area contributed by atoms with E-state index in [1.54, 1.807) is 7.11 Å². The Morgan fingerprint density at radius 2 is 1.71 bits per heavy atom. The molecule has 116 valence electrons. The molecule has 1 saturated carbocycles. The van der Waals surface area contributed by atoms with Crippen molar-refractivity contribution < 1.29 is 9.53 Å². The third-order valence-electron chi connectivity index (χ3n) is 4.59. The molecule has 3 nitrogen and oxygen atoms in total. The molecule has 3 heteroatoms. The van der Waals surface area contributed by atoms with Gasteiger partial charge in [-0.2, -0.15) is 0 Å². The zero-order chi connectivity index (χ0) is 15.8. The van der Waals surface area contributed by atoms with Gasteiger partial charge in [-0.05, 0) is 57.7 Å². The summed E-state index contributed by atoms with van der Waals surface area (Å²) in [5.74, 6) is 1.47. The van der Waals surface area contributed by atoms with Crippen molar-refractivity contribution in [3.05, 3.63) is 29.8 Å². The third-order valence-corrected chi connectivity index (χ3v) is 4.59. The van der Waals surface area contributed by atoms with Crippen LogP contribution >= 0.6 is 0 Å². The number of benzene rings is 1. The van der Waals surface area contributed by atoms with Crippen molar-refractivity contribution in [1.82, 2.24) is 4.90 Å². The number of carbonyl (C=O) groups excluding carboxylic acids is 1. The van der Waals surface area contributed by atoms with E-state index in [4.69, 9.17) is 4.74 Å². The predicted octanol–water partition coefficient (Wildman–Crippen LogP) is 3.83. The molecule has 0 bridgehead atoms. The molecule has 1 fully saturated rings. The van der Waals surface area contributed by atoms with Crippen LogP contribution in [-0.2, 0) is 4.79 Å². The number of rotatable bonds is 5. The lowest BCUT2D eigenvalue weighted by atomic mass is 9.98.